The van der Waals surface area contributed by atoms with Crippen molar-refractivity contribution in [2.45, 2.75) is 32.3 Å². The van der Waals surface area contributed by atoms with Gasteiger partial charge in [0, 0.05) is 25.9 Å². The van der Waals surface area contributed by atoms with Gasteiger partial charge < -0.3 is 19.2 Å². The number of hydrogen-bond acceptors (Lipinski definition) is 5. The van der Waals surface area contributed by atoms with Gasteiger partial charge in [0.2, 0.25) is 0 Å². The topological polar surface area (TPSA) is 80.0 Å². The van der Waals surface area contributed by atoms with Gasteiger partial charge in [0.15, 0.2) is 5.78 Å². The molecule has 1 aromatic rings. The molecule has 1 aromatic heterocycles. The van der Waals surface area contributed by atoms with Gasteiger partial charge in [-0.05, 0) is 13.3 Å². The van der Waals surface area contributed by atoms with Crippen molar-refractivity contribution in [3.63, 3.8) is 0 Å². The highest BCUT2D eigenvalue weighted by Gasteiger charge is 2.33. The smallest absolute Gasteiger partial charge is 0.258 e. The van der Waals surface area contributed by atoms with Crippen LogP contribution in [0.4, 0.5) is 0 Å². The number of fused-ring (bicyclic) bond motifs is 1. The lowest BCUT2D eigenvalue weighted by molar-refractivity contribution is 0.0533. The summed E-state index contributed by atoms with van der Waals surface area (Å²) >= 11 is 0. The highest BCUT2D eigenvalue weighted by Crippen LogP contribution is 2.30. The number of aliphatic hydroxyl groups is 1. The van der Waals surface area contributed by atoms with Crippen molar-refractivity contribution in [1.29, 1.82) is 0 Å². The summed E-state index contributed by atoms with van der Waals surface area (Å²) in [5, 5.41) is 9.76. The quantitative estimate of drug-likeness (QED) is 0.833. The molecule has 2 aliphatic rings. The zero-order chi connectivity index (χ0) is 15.0. The molecule has 1 N–H and O–H groups in total. The Morgan fingerprint density at radius 2 is 2.19 bits per heavy atom. The second-order valence-electron chi connectivity index (χ2n) is 5.59. The van der Waals surface area contributed by atoms with Crippen LogP contribution in [0.2, 0.25) is 0 Å². The van der Waals surface area contributed by atoms with E-state index in [1.807, 2.05) is 0 Å². The largest absolute Gasteiger partial charge is 0.465 e. The third kappa shape index (κ3) is 2.61. The zero-order valence-corrected chi connectivity index (χ0v) is 12.1. The Morgan fingerprint density at radius 1 is 1.38 bits per heavy atom. The molecule has 2 heterocycles. The van der Waals surface area contributed by atoms with E-state index in [1.54, 1.807) is 6.92 Å². The van der Waals surface area contributed by atoms with Crippen molar-refractivity contribution < 1.29 is 23.8 Å². The first kappa shape index (κ1) is 14.3. The number of amides is 1. The molecule has 114 valence electrons. The Balaban J connectivity index is 1.94. The predicted octanol–water partition coefficient (Wildman–Crippen LogP) is 0.940. The number of Topliss-reactive ketones (excluding diaryl/α,β-unsaturated/α-hetero) is 1. The fourth-order valence-electron chi connectivity index (χ4n) is 3.00. The zero-order valence-electron chi connectivity index (χ0n) is 12.1. The molecule has 0 aromatic carbocycles. The van der Waals surface area contributed by atoms with Crippen molar-refractivity contribution in [3.05, 3.63) is 22.6 Å². The molecule has 0 spiro atoms. The lowest BCUT2D eigenvalue weighted by atomic mass is 9.93. The predicted molar refractivity (Wildman–Crippen MR) is 73.4 cm³/mol. The van der Waals surface area contributed by atoms with E-state index in [2.05, 4.69) is 0 Å². The molecular weight excluding hydrogens is 274 g/mol. The third-order valence-corrected chi connectivity index (χ3v) is 3.99. The summed E-state index contributed by atoms with van der Waals surface area (Å²) in [5.74, 6) is 0.832. The molecule has 1 amide bonds. The Labute approximate surface area is 122 Å². The normalized spacial score (nSPS) is 22.9. The summed E-state index contributed by atoms with van der Waals surface area (Å²) in [6.07, 6.45) is 1.22. The molecule has 0 bridgehead atoms. The second kappa shape index (κ2) is 5.61. The number of carbonyl (C=O) groups excluding carboxylic acids is 2. The number of furan rings is 1. The Kier molecular flexibility index (Phi) is 3.82. The summed E-state index contributed by atoms with van der Waals surface area (Å²) < 4.78 is 10.8. The number of hydrogen-bond donors (Lipinski definition) is 1. The average Bonchev–Trinajstić information content (AvgIpc) is 2.63. The lowest BCUT2D eigenvalue weighted by Crippen LogP contribution is -2.38. The van der Waals surface area contributed by atoms with Crippen LogP contribution in [-0.4, -0.2) is 54.1 Å². The average molecular weight is 293 g/mol. The van der Waals surface area contributed by atoms with Gasteiger partial charge in [-0.15, -0.1) is 0 Å². The minimum atomic E-state index is -0.699. The van der Waals surface area contributed by atoms with Crippen LogP contribution in [-0.2, 0) is 11.2 Å². The van der Waals surface area contributed by atoms with Crippen LogP contribution in [0.5, 0.6) is 0 Å². The molecule has 3 rings (SSSR count). The Hall–Kier alpha value is -1.66. The van der Waals surface area contributed by atoms with Gasteiger partial charge in [0.05, 0.1) is 30.4 Å². The second-order valence-corrected chi connectivity index (χ2v) is 5.59. The minimum Gasteiger partial charge on any atom is -0.465 e. The van der Waals surface area contributed by atoms with E-state index in [0.717, 1.165) is 6.42 Å². The van der Waals surface area contributed by atoms with Crippen molar-refractivity contribution in [2.24, 2.45) is 0 Å². The maximum Gasteiger partial charge on any atom is 0.258 e. The van der Waals surface area contributed by atoms with E-state index in [9.17, 15) is 14.7 Å². The standard InChI is InChI=1S/C15H19NO5/c1-9-13(14-11(18)3-2-4-12(14)21-9)15(19)16-5-6-20-8-10(17)7-16/h10,17H,2-8H2,1H3/t10-/m0/s1. The number of ether oxygens (including phenoxy) is 1. The van der Waals surface area contributed by atoms with Crippen LogP contribution in [0.25, 0.3) is 0 Å². The number of aliphatic hydroxyl groups excluding tert-OH is 1. The molecule has 0 radical (unpaired) electrons. The Morgan fingerprint density at radius 3 is 3.00 bits per heavy atom. The summed E-state index contributed by atoms with van der Waals surface area (Å²) in [6, 6.07) is 0. The first-order valence-electron chi connectivity index (χ1n) is 7.28. The van der Waals surface area contributed by atoms with E-state index in [0.29, 0.717) is 48.6 Å². The van der Waals surface area contributed by atoms with Crippen molar-refractivity contribution in [2.75, 3.05) is 26.3 Å². The number of β-amino-alcohol motifs (C(OH)–C–C–N with tert-alkyl or cyclic N) is 1. The van der Waals surface area contributed by atoms with Crippen LogP contribution in [0, 0.1) is 6.92 Å². The van der Waals surface area contributed by atoms with Crippen molar-refractivity contribution >= 4 is 11.7 Å². The van der Waals surface area contributed by atoms with Crippen LogP contribution in [0.15, 0.2) is 4.42 Å². The Bertz CT molecular complexity index is 577. The highest BCUT2D eigenvalue weighted by atomic mass is 16.5. The first-order chi connectivity index (χ1) is 10.1. The van der Waals surface area contributed by atoms with E-state index in [1.165, 1.54) is 4.90 Å². The molecule has 1 aliphatic carbocycles. The van der Waals surface area contributed by atoms with E-state index >= 15 is 0 Å². The molecule has 0 unspecified atom stereocenters. The van der Waals surface area contributed by atoms with Gasteiger partial charge in [-0.2, -0.15) is 0 Å². The summed E-state index contributed by atoms with van der Waals surface area (Å²) in [4.78, 5) is 26.4. The number of aryl methyl sites for hydroxylation is 2. The summed E-state index contributed by atoms with van der Waals surface area (Å²) in [6.45, 7) is 2.94. The van der Waals surface area contributed by atoms with E-state index in [-0.39, 0.29) is 24.8 Å². The van der Waals surface area contributed by atoms with Crippen LogP contribution in [0.1, 0.15) is 45.1 Å². The number of ketones is 1. The van der Waals surface area contributed by atoms with E-state index < -0.39 is 6.10 Å². The highest BCUT2D eigenvalue weighted by molar-refractivity contribution is 6.10. The van der Waals surface area contributed by atoms with Gasteiger partial charge in [-0.25, -0.2) is 0 Å². The maximum atomic E-state index is 12.7. The molecule has 1 aliphatic heterocycles. The minimum absolute atomic E-state index is 0.0249. The molecule has 1 atom stereocenters. The number of nitrogens with zero attached hydrogens (tertiary/aromatic N) is 1. The molecular formula is C15H19NO5. The molecule has 6 heteroatoms. The summed E-state index contributed by atoms with van der Waals surface area (Å²) in [5.41, 5.74) is 0.812. The van der Waals surface area contributed by atoms with Crippen LogP contribution < -0.4 is 0 Å². The molecule has 6 nitrogen and oxygen atoms in total. The third-order valence-electron chi connectivity index (χ3n) is 3.99. The lowest BCUT2D eigenvalue weighted by Gasteiger charge is -2.22. The fourth-order valence-corrected chi connectivity index (χ4v) is 3.00. The molecule has 1 saturated heterocycles. The monoisotopic (exact) mass is 293 g/mol. The number of rotatable bonds is 1. The fraction of sp³-hybridized carbons (Fsp3) is 0.600. The van der Waals surface area contributed by atoms with Crippen molar-refractivity contribution in [3.8, 4) is 0 Å². The summed E-state index contributed by atoms with van der Waals surface area (Å²) in [7, 11) is 0. The van der Waals surface area contributed by atoms with Crippen LogP contribution >= 0.6 is 0 Å². The van der Waals surface area contributed by atoms with Crippen molar-refractivity contribution in [1.82, 2.24) is 4.90 Å². The van der Waals surface area contributed by atoms with Gasteiger partial charge >= 0.3 is 0 Å². The van der Waals surface area contributed by atoms with Gasteiger partial charge in [0.25, 0.3) is 5.91 Å². The van der Waals surface area contributed by atoms with Crippen LogP contribution in [0.3, 0.4) is 0 Å². The maximum absolute atomic E-state index is 12.7. The van der Waals surface area contributed by atoms with Gasteiger partial charge in [0.1, 0.15) is 11.5 Å². The van der Waals surface area contributed by atoms with Gasteiger partial charge in [-0.1, -0.05) is 0 Å². The van der Waals surface area contributed by atoms with E-state index in [4.69, 9.17) is 9.15 Å². The van der Waals surface area contributed by atoms with Gasteiger partial charge in [-0.3, -0.25) is 9.59 Å². The molecule has 1 fully saturated rings. The molecule has 21 heavy (non-hydrogen) atoms. The molecule has 0 saturated carbocycles. The first-order valence-corrected chi connectivity index (χ1v) is 7.28. The SMILES string of the molecule is Cc1oc2c(c1C(=O)N1CCOC[C@@H](O)C1)C(=O)CCC2. The number of carbonyl (C=O) groups is 2.